The van der Waals surface area contributed by atoms with Crippen molar-refractivity contribution in [2.75, 3.05) is 26.4 Å². The monoisotopic (exact) mass is 628 g/mol. The Bertz CT molecular complexity index is 1540. The number of hydrogen-bond donors (Lipinski definition) is 1. The summed E-state index contributed by atoms with van der Waals surface area (Å²) in [5, 5.41) is 0.646. The van der Waals surface area contributed by atoms with E-state index in [1.54, 1.807) is 12.0 Å². The summed E-state index contributed by atoms with van der Waals surface area (Å²) >= 11 is 5.04. The topological polar surface area (TPSA) is 136 Å². The van der Waals surface area contributed by atoms with Crippen LogP contribution in [-0.4, -0.2) is 63.5 Å². The van der Waals surface area contributed by atoms with Gasteiger partial charge in [0.1, 0.15) is 19.7 Å². The van der Waals surface area contributed by atoms with Gasteiger partial charge in [0.25, 0.3) is 0 Å². The molecule has 1 fully saturated rings. The van der Waals surface area contributed by atoms with Crippen LogP contribution in [0.3, 0.4) is 0 Å². The van der Waals surface area contributed by atoms with E-state index in [9.17, 15) is 4.79 Å². The Balaban J connectivity index is 1.24. The first-order valence-electron chi connectivity index (χ1n) is 12.4. The minimum Gasteiger partial charge on any atom is -0.454 e. The fourth-order valence-corrected chi connectivity index (χ4v) is 6.07. The van der Waals surface area contributed by atoms with Crippen LogP contribution in [0.2, 0.25) is 0 Å². The molecule has 1 amide bonds. The molecule has 0 bridgehead atoms. The van der Waals surface area contributed by atoms with Crippen molar-refractivity contribution in [2.24, 2.45) is 0 Å². The van der Waals surface area contributed by atoms with Gasteiger partial charge in [-0.2, -0.15) is 0 Å². The van der Waals surface area contributed by atoms with Gasteiger partial charge in [-0.1, -0.05) is 42.1 Å². The number of carbonyl (C=O) groups excluding carboxylic acids is 1. The Morgan fingerprint density at radius 1 is 1.20 bits per heavy atom. The number of methoxy groups -OCH3 is 1. The molecule has 2 atom stereocenters. The van der Waals surface area contributed by atoms with E-state index < -0.39 is 18.4 Å². The number of fused-ring (bicyclic) bond motifs is 2. The lowest BCUT2D eigenvalue weighted by atomic mass is 10.2. The minimum absolute atomic E-state index is 0.0579. The predicted octanol–water partition coefficient (Wildman–Crippen LogP) is 4.41. The number of aryl methyl sites for hydroxylation is 1. The van der Waals surface area contributed by atoms with E-state index in [1.807, 2.05) is 47.0 Å². The highest BCUT2D eigenvalue weighted by Gasteiger charge is 2.39. The van der Waals surface area contributed by atoms with Crippen molar-refractivity contribution >= 4 is 50.8 Å². The molecule has 2 aliphatic heterocycles. The molecule has 0 spiro atoms. The molecule has 2 unspecified atom stereocenters. The van der Waals surface area contributed by atoms with Crippen LogP contribution in [0, 0.1) is 0 Å². The SMILES string of the molecule is COC1OCN(C(=O)OCc2ccccc2)C1CCn1c(Sc2cc3c(cc2Br)OCO3)nc2c(N)ncnc21. The number of hydrogen-bond acceptors (Lipinski definition) is 11. The number of anilines is 1. The number of imidazole rings is 1. The number of amides is 1. The molecule has 2 aliphatic rings. The fourth-order valence-electron chi connectivity index (χ4n) is 4.56. The van der Waals surface area contributed by atoms with Gasteiger partial charge in [0.2, 0.25) is 6.79 Å². The summed E-state index contributed by atoms with van der Waals surface area (Å²) in [4.78, 5) is 28.8. The zero-order chi connectivity index (χ0) is 27.6. The molecule has 2 aromatic carbocycles. The van der Waals surface area contributed by atoms with E-state index in [0.29, 0.717) is 40.8 Å². The lowest BCUT2D eigenvalue weighted by Gasteiger charge is -2.25. The third-order valence-corrected chi connectivity index (χ3v) is 8.54. The highest BCUT2D eigenvalue weighted by atomic mass is 79.9. The van der Waals surface area contributed by atoms with Gasteiger partial charge in [0.15, 0.2) is 39.9 Å². The van der Waals surface area contributed by atoms with Crippen LogP contribution in [0.25, 0.3) is 11.2 Å². The predicted molar refractivity (Wildman–Crippen MR) is 148 cm³/mol. The number of nitrogens with two attached hydrogens (primary N) is 1. The number of aromatic nitrogens is 4. The molecule has 4 heterocycles. The summed E-state index contributed by atoms with van der Waals surface area (Å²) in [6.45, 7) is 0.833. The van der Waals surface area contributed by atoms with E-state index in [2.05, 4.69) is 25.9 Å². The number of benzene rings is 2. The highest BCUT2D eigenvalue weighted by Crippen LogP contribution is 2.43. The van der Waals surface area contributed by atoms with Crippen LogP contribution >= 0.6 is 27.7 Å². The van der Waals surface area contributed by atoms with Crippen molar-refractivity contribution in [2.45, 2.75) is 42.0 Å². The fraction of sp³-hybridized carbons (Fsp3) is 0.308. The molecule has 2 N–H and O–H groups in total. The molecule has 0 aliphatic carbocycles. The summed E-state index contributed by atoms with van der Waals surface area (Å²) in [7, 11) is 1.55. The van der Waals surface area contributed by atoms with Gasteiger partial charge in [-0.05, 0) is 40.0 Å². The molecule has 0 saturated carbocycles. The van der Waals surface area contributed by atoms with Crippen LogP contribution < -0.4 is 15.2 Å². The number of nitrogen functional groups attached to an aromatic ring is 1. The Kier molecular flexibility index (Phi) is 7.65. The maximum absolute atomic E-state index is 13.0. The number of nitrogens with zero attached hydrogens (tertiary/aromatic N) is 5. The summed E-state index contributed by atoms with van der Waals surface area (Å²) < 4.78 is 30.7. The standard InChI is InChI=1S/C26H25BrN6O6S/c1-35-24-17(33(13-37-24)26(34)36-11-15-5-3-2-4-6-15)7-8-32-23-21(22(28)29-12-30-23)31-25(32)40-20-10-19-18(9-16(20)27)38-14-39-19/h2-6,9-10,12,17,24H,7-8,11,13-14H2,1H3,(H2,28,29,30). The second kappa shape index (κ2) is 11.5. The van der Waals surface area contributed by atoms with Crippen LogP contribution in [0.4, 0.5) is 10.6 Å². The van der Waals surface area contributed by atoms with Gasteiger partial charge in [0.05, 0.1) is 6.04 Å². The summed E-state index contributed by atoms with van der Waals surface area (Å²) in [5.41, 5.74) is 8.12. The van der Waals surface area contributed by atoms with E-state index in [4.69, 9.17) is 34.4 Å². The molecular formula is C26H25BrN6O6S. The van der Waals surface area contributed by atoms with Gasteiger partial charge in [-0.15, -0.1) is 0 Å². The summed E-state index contributed by atoms with van der Waals surface area (Å²) in [6, 6.07) is 12.9. The summed E-state index contributed by atoms with van der Waals surface area (Å²) in [6.07, 6.45) is 0.793. The molecule has 40 heavy (non-hydrogen) atoms. The van der Waals surface area contributed by atoms with Gasteiger partial charge in [-0.25, -0.2) is 19.7 Å². The molecule has 0 radical (unpaired) electrons. The molecule has 2 aromatic heterocycles. The van der Waals surface area contributed by atoms with Crippen molar-refractivity contribution in [3.05, 3.63) is 58.8 Å². The molecule has 1 saturated heterocycles. The highest BCUT2D eigenvalue weighted by molar-refractivity contribution is 9.10. The third-order valence-electron chi connectivity index (χ3n) is 6.57. The van der Waals surface area contributed by atoms with E-state index in [0.717, 1.165) is 14.9 Å². The van der Waals surface area contributed by atoms with E-state index in [-0.39, 0.29) is 25.9 Å². The lowest BCUT2D eigenvalue weighted by Crippen LogP contribution is -2.41. The van der Waals surface area contributed by atoms with Crippen molar-refractivity contribution in [3.63, 3.8) is 0 Å². The first-order chi connectivity index (χ1) is 19.5. The Morgan fingerprint density at radius 3 is 2.80 bits per heavy atom. The first kappa shape index (κ1) is 26.6. The zero-order valence-electron chi connectivity index (χ0n) is 21.4. The minimum atomic E-state index is -0.613. The molecule has 12 nitrogen and oxygen atoms in total. The number of carbonyl (C=O) groups is 1. The third kappa shape index (κ3) is 5.27. The van der Waals surface area contributed by atoms with Crippen molar-refractivity contribution in [3.8, 4) is 11.5 Å². The van der Waals surface area contributed by atoms with Crippen LogP contribution in [0.5, 0.6) is 11.5 Å². The first-order valence-corrected chi connectivity index (χ1v) is 14.0. The van der Waals surface area contributed by atoms with Crippen LogP contribution in [0.1, 0.15) is 12.0 Å². The van der Waals surface area contributed by atoms with Crippen molar-refractivity contribution < 1.29 is 28.5 Å². The summed E-state index contributed by atoms with van der Waals surface area (Å²) in [5.74, 6) is 1.61. The molecule has 6 rings (SSSR count). The normalized spacial score (nSPS) is 18.0. The largest absolute Gasteiger partial charge is 0.454 e. The van der Waals surface area contributed by atoms with Crippen LogP contribution in [-0.2, 0) is 27.4 Å². The number of ether oxygens (including phenoxy) is 5. The average Bonchev–Trinajstić information content (AvgIpc) is 3.68. The maximum atomic E-state index is 13.0. The average molecular weight is 629 g/mol. The zero-order valence-corrected chi connectivity index (χ0v) is 23.8. The van der Waals surface area contributed by atoms with E-state index in [1.165, 1.54) is 18.1 Å². The van der Waals surface area contributed by atoms with E-state index >= 15 is 0 Å². The van der Waals surface area contributed by atoms with Crippen LogP contribution in [0.15, 0.2) is 63.3 Å². The lowest BCUT2D eigenvalue weighted by molar-refractivity contribution is -0.0968. The maximum Gasteiger partial charge on any atom is 0.412 e. The second-order valence-electron chi connectivity index (χ2n) is 8.98. The number of rotatable bonds is 8. The van der Waals surface area contributed by atoms with Gasteiger partial charge in [-0.3, -0.25) is 4.90 Å². The van der Waals surface area contributed by atoms with Gasteiger partial charge < -0.3 is 34.0 Å². The van der Waals surface area contributed by atoms with Crippen molar-refractivity contribution in [1.29, 1.82) is 0 Å². The molecule has 208 valence electrons. The second-order valence-corrected chi connectivity index (χ2v) is 10.8. The molecular weight excluding hydrogens is 604 g/mol. The molecule has 14 heteroatoms. The number of halogens is 1. The van der Waals surface area contributed by atoms with Gasteiger partial charge in [0, 0.05) is 23.0 Å². The van der Waals surface area contributed by atoms with Crippen molar-refractivity contribution in [1.82, 2.24) is 24.4 Å². The molecule has 4 aromatic rings. The Labute approximate surface area is 241 Å². The smallest absolute Gasteiger partial charge is 0.412 e. The Hall–Kier alpha value is -3.59. The Morgan fingerprint density at radius 2 is 2.00 bits per heavy atom. The van der Waals surface area contributed by atoms with Gasteiger partial charge >= 0.3 is 6.09 Å². The quantitative estimate of drug-likeness (QED) is 0.297.